The molecule has 1 aliphatic heterocycles. The number of amides is 1. The van der Waals surface area contributed by atoms with Crippen molar-refractivity contribution in [3.8, 4) is 0 Å². The van der Waals surface area contributed by atoms with E-state index in [1.807, 2.05) is 41.9 Å². The van der Waals surface area contributed by atoms with Gasteiger partial charge in [-0.1, -0.05) is 60.0 Å². The lowest BCUT2D eigenvalue weighted by Gasteiger charge is -2.26. The lowest BCUT2D eigenvalue weighted by atomic mass is 10.2. The van der Waals surface area contributed by atoms with Gasteiger partial charge in [-0.25, -0.2) is 8.42 Å². The smallest absolute Gasteiger partial charge is 0.257 e. The van der Waals surface area contributed by atoms with E-state index in [9.17, 15) is 13.2 Å². The van der Waals surface area contributed by atoms with Gasteiger partial charge < -0.3 is 5.32 Å². The number of rotatable bonds is 6. The summed E-state index contributed by atoms with van der Waals surface area (Å²) in [7, 11) is -3.84. The number of aromatic nitrogens is 2. The average molecular weight is 521 g/mol. The van der Waals surface area contributed by atoms with Crippen molar-refractivity contribution < 1.29 is 13.2 Å². The Bertz CT molecular complexity index is 1320. The molecular weight excluding hydrogens is 495 g/mol. The Balaban J connectivity index is 1.62. The third-order valence-electron chi connectivity index (χ3n) is 5.99. The quantitative estimate of drug-likeness (QED) is 0.478. The number of benzene rings is 2. The minimum Gasteiger partial charge on any atom is -0.319 e. The van der Waals surface area contributed by atoms with E-state index in [4.69, 9.17) is 23.2 Å². The van der Waals surface area contributed by atoms with Crippen LogP contribution in [0, 0.1) is 13.8 Å². The number of aryl methyl sites for hydroxylation is 1. The molecular formula is C24H26Cl2N4O3S. The number of sulfonamides is 1. The summed E-state index contributed by atoms with van der Waals surface area (Å²) < 4.78 is 29.6. The normalized spacial score (nSPS) is 14.8. The number of carbonyl (C=O) groups excluding carboxylic acids is 1. The molecule has 3 aromatic rings. The molecule has 34 heavy (non-hydrogen) atoms. The molecule has 0 bridgehead atoms. The summed E-state index contributed by atoms with van der Waals surface area (Å²) in [6.07, 6.45) is 2.58. The Morgan fingerprint density at radius 3 is 2.38 bits per heavy atom. The van der Waals surface area contributed by atoms with Crippen molar-refractivity contribution in [1.82, 2.24) is 14.1 Å². The van der Waals surface area contributed by atoms with Crippen LogP contribution in [-0.4, -0.2) is 41.5 Å². The van der Waals surface area contributed by atoms with Crippen LogP contribution in [0.2, 0.25) is 10.0 Å². The summed E-state index contributed by atoms with van der Waals surface area (Å²) in [4.78, 5) is 13.1. The lowest BCUT2D eigenvalue weighted by molar-refractivity contribution is 0.102. The van der Waals surface area contributed by atoms with Crippen LogP contribution in [0.3, 0.4) is 0 Å². The van der Waals surface area contributed by atoms with Gasteiger partial charge in [-0.3, -0.25) is 9.48 Å². The van der Waals surface area contributed by atoms with Crippen LogP contribution >= 0.6 is 23.2 Å². The highest BCUT2D eigenvalue weighted by Crippen LogP contribution is 2.32. The first-order chi connectivity index (χ1) is 16.2. The number of nitrogens with one attached hydrogen (secondary N) is 1. The summed E-state index contributed by atoms with van der Waals surface area (Å²) in [5, 5.41) is 7.48. The van der Waals surface area contributed by atoms with E-state index in [0.717, 1.165) is 30.5 Å². The maximum absolute atomic E-state index is 13.2. The zero-order valence-electron chi connectivity index (χ0n) is 19.0. The standard InChI is InChI=1S/C24H26Cl2N4O3S/c1-16-23(17(2)30(28-16)15-18-9-5-3-6-10-18)27-24(31)19-13-22(21(26)14-20(19)25)34(32,33)29-11-7-4-8-12-29/h3,5-6,9-10,13-14H,4,7-8,11-12,15H2,1-2H3,(H,27,31). The van der Waals surface area contributed by atoms with E-state index < -0.39 is 15.9 Å². The number of hydrogen-bond donors (Lipinski definition) is 1. The van der Waals surface area contributed by atoms with Crippen LogP contribution in [0.1, 0.15) is 46.6 Å². The molecule has 0 unspecified atom stereocenters. The number of piperidine rings is 1. The molecule has 2 heterocycles. The predicted octanol–water partition coefficient (Wildman–Crippen LogP) is 5.28. The number of anilines is 1. The summed E-state index contributed by atoms with van der Waals surface area (Å²) in [5.74, 6) is -0.526. The SMILES string of the molecule is Cc1nn(Cc2ccccc2)c(C)c1NC(=O)c1cc(S(=O)(=O)N2CCCCC2)c(Cl)cc1Cl. The fourth-order valence-electron chi connectivity index (χ4n) is 4.11. The Morgan fingerprint density at radius 2 is 1.71 bits per heavy atom. The van der Waals surface area contributed by atoms with Crippen LogP contribution in [-0.2, 0) is 16.6 Å². The Morgan fingerprint density at radius 1 is 1.03 bits per heavy atom. The van der Waals surface area contributed by atoms with Crippen LogP contribution in [0.5, 0.6) is 0 Å². The number of carbonyl (C=O) groups is 1. The van der Waals surface area contributed by atoms with E-state index in [1.165, 1.54) is 16.4 Å². The number of nitrogens with zero attached hydrogens (tertiary/aromatic N) is 3. The van der Waals surface area contributed by atoms with Crippen molar-refractivity contribution >= 4 is 44.8 Å². The molecule has 1 N–H and O–H groups in total. The monoisotopic (exact) mass is 520 g/mol. The first-order valence-electron chi connectivity index (χ1n) is 11.1. The van der Waals surface area contributed by atoms with Crippen LogP contribution in [0.4, 0.5) is 5.69 Å². The molecule has 10 heteroatoms. The maximum atomic E-state index is 13.2. The molecule has 0 saturated carbocycles. The van der Waals surface area contributed by atoms with Crippen molar-refractivity contribution in [2.75, 3.05) is 18.4 Å². The zero-order chi connectivity index (χ0) is 24.5. The zero-order valence-corrected chi connectivity index (χ0v) is 21.3. The van der Waals surface area contributed by atoms with E-state index in [-0.39, 0.29) is 20.5 Å². The van der Waals surface area contributed by atoms with Gasteiger partial charge in [0.15, 0.2) is 0 Å². The topological polar surface area (TPSA) is 84.3 Å². The minimum absolute atomic E-state index is 0.00448. The van der Waals surface area contributed by atoms with Gasteiger partial charge in [-0.15, -0.1) is 0 Å². The van der Waals surface area contributed by atoms with Gasteiger partial charge in [0.25, 0.3) is 5.91 Å². The molecule has 0 aliphatic carbocycles. The molecule has 1 amide bonds. The highest BCUT2D eigenvalue weighted by atomic mass is 35.5. The Kier molecular flexibility index (Phi) is 7.33. The maximum Gasteiger partial charge on any atom is 0.257 e. The van der Waals surface area contributed by atoms with E-state index in [1.54, 1.807) is 6.92 Å². The molecule has 7 nitrogen and oxygen atoms in total. The molecule has 180 valence electrons. The minimum atomic E-state index is -3.84. The second-order valence-corrected chi connectivity index (χ2v) is 11.1. The average Bonchev–Trinajstić information content (AvgIpc) is 3.07. The molecule has 4 rings (SSSR count). The number of hydrogen-bond acceptors (Lipinski definition) is 4. The number of halogens is 2. The Hall–Kier alpha value is -2.39. The molecule has 1 aromatic heterocycles. The summed E-state index contributed by atoms with van der Waals surface area (Å²) >= 11 is 12.6. The van der Waals surface area contributed by atoms with Crippen molar-refractivity contribution in [1.29, 1.82) is 0 Å². The third kappa shape index (κ3) is 5.00. The van der Waals surface area contributed by atoms with Gasteiger partial charge in [-0.05, 0) is 44.4 Å². The van der Waals surface area contributed by atoms with Crippen LogP contribution in [0.25, 0.3) is 0 Å². The van der Waals surface area contributed by atoms with Crippen LogP contribution < -0.4 is 5.32 Å². The molecule has 1 fully saturated rings. The van der Waals surface area contributed by atoms with Gasteiger partial charge in [0.05, 0.1) is 39.2 Å². The fourth-order valence-corrected chi connectivity index (χ4v) is 6.46. The largest absolute Gasteiger partial charge is 0.319 e. The van der Waals surface area contributed by atoms with Gasteiger partial charge in [0.2, 0.25) is 10.0 Å². The van der Waals surface area contributed by atoms with Gasteiger partial charge >= 0.3 is 0 Å². The van der Waals surface area contributed by atoms with E-state index in [0.29, 0.717) is 31.0 Å². The molecule has 1 saturated heterocycles. The van der Waals surface area contributed by atoms with Crippen molar-refractivity contribution in [2.45, 2.75) is 44.6 Å². The van der Waals surface area contributed by atoms with Crippen molar-refractivity contribution in [3.63, 3.8) is 0 Å². The summed E-state index contributed by atoms with van der Waals surface area (Å²) in [5.41, 5.74) is 3.11. The molecule has 0 radical (unpaired) electrons. The highest BCUT2D eigenvalue weighted by Gasteiger charge is 2.30. The van der Waals surface area contributed by atoms with Gasteiger partial charge in [0, 0.05) is 13.1 Å². The lowest BCUT2D eigenvalue weighted by Crippen LogP contribution is -2.35. The summed E-state index contributed by atoms with van der Waals surface area (Å²) in [6, 6.07) is 12.5. The first-order valence-corrected chi connectivity index (χ1v) is 13.3. The van der Waals surface area contributed by atoms with E-state index >= 15 is 0 Å². The third-order valence-corrected chi connectivity index (χ3v) is 8.67. The fraction of sp³-hybridized carbons (Fsp3) is 0.333. The second-order valence-electron chi connectivity index (χ2n) is 8.37. The molecule has 0 atom stereocenters. The molecule has 2 aromatic carbocycles. The molecule has 0 spiro atoms. The Labute approximate surface area is 209 Å². The van der Waals surface area contributed by atoms with Crippen molar-refractivity contribution in [2.24, 2.45) is 0 Å². The summed E-state index contributed by atoms with van der Waals surface area (Å²) in [6.45, 7) is 5.10. The van der Waals surface area contributed by atoms with Crippen molar-refractivity contribution in [3.05, 3.63) is 75.0 Å². The molecule has 1 aliphatic rings. The highest BCUT2D eigenvalue weighted by molar-refractivity contribution is 7.89. The van der Waals surface area contributed by atoms with E-state index in [2.05, 4.69) is 10.4 Å². The van der Waals surface area contributed by atoms with Crippen LogP contribution in [0.15, 0.2) is 47.4 Å². The first kappa shape index (κ1) is 24.7. The van der Waals surface area contributed by atoms with Gasteiger partial charge in [-0.2, -0.15) is 9.40 Å². The second kappa shape index (κ2) is 10.1. The predicted molar refractivity (Wildman–Crippen MR) is 134 cm³/mol. The van der Waals surface area contributed by atoms with Gasteiger partial charge in [0.1, 0.15) is 4.90 Å².